The number of benzene rings is 1. The van der Waals surface area contributed by atoms with Crippen molar-refractivity contribution >= 4 is 5.91 Å². The summed E-state index contributed by atoms with van der Waals surface area (Å²) in [6, 6.07) is 10.9. The minimum absolute atomic E-state index is 0.0932. The van der Waals surface area contributed by atoms with E-state index in [1.165, 1.54) is 0 Å². The van der Waals surface area contributed by atoms with Crippen LogP contribution in [0.2, 0.25) is 0 Å². The molecule has 0 spiro atoms. The normalized spacial score (nSPS) is 17.3. The first kappa shape index (κ1) is 16.4. The number of morpholine rings is 1. The number of amides is 1. The second-order valence-corrected chi connectivity index (χ2v) is 6.07. The number of aromatic nitrogens is 2. The number of para-hydroxylation sites is 1. The first-order valence-electron chi connectivity index (χ1n) is 8.40. The molecule has 3 heterocycles. The van der Waals surface area contributed by atoms with Crippen LogP contribution in [0.4, 0.5) is 0 Å². The Kier molecular flexibility index (Phi) is 4.45. The van der Waals surface area contributed by atoms with Crippen LogP contribution in [0.3, 0.4) is 0 Å². The predicted molar refractivity (Wildman–Crippen MR) is 93.0 cm³/mol. The fourth-order valence-corrected chi connectivity index (χ4v) is 2.96. The van der Waals surface area contributed by atoms with Crippen molar-refractivity contribution in [3.63, 3.8) is 0 Å². The van der Waals surface area contributed by atoms with Gasteiger partial charge in [0.2, 0.25) is 0 Å². The molecule has 1 amide bonds. The van der Waals surface area contributed by atoms with Gasteiger partial charge in [0.05, 0.1) is 37.4 Å². The number of carbonyl (C=O) groups is 1. The molecule has 1 aromatic carbocycles. The van der Waals surface area contributed by atoms with Crippen LogP contribution >= 0.6 is 0 Å². The van der Waals surface area contributed by atoms with E-state index >= 15 is 0 Å². The highest BCUT2D eigenvalue weighted by Crippen LogP contribution is 2.28. The number of rotatable bonds is 4. The number of ether oxygens (including phenoxy) is 2. The zero-order valence-electron chi connectivity index (χ0n) is 14.4. The molecule has 1 unspecified atom stereocenters. The Morgan fingerprint density at radius 3 is 2.92 bits per heavy atom. The molecule has 0 saturated carbocycles. The summed E-state index contributed by atoms with van der Waals surface area (Å²) in [5.74, 6) is 1.72. The van der Waals surface area contributed by atoms with Crippen LogP contribution in [0.25, 0.3) is 0 Å². The highest BCUT2D eigenvalue weighted by Gasteiger charge is 2.29. The van der Waals surface area contributed by atoms with Crippen molar-refractivity contribution in [2.75, 3.05) is 19.7 Å². The summed E-state index contributed by atoms with van der Waals surface area (Å²) in [6.07, 6.45) is 4.72. The molecule has 1 saturated heterocycles. The molecular weight excluding hydrogens is 334 g/mol. The molecule has 0 aliphatic carbocycles. The highest BCUT2D eigenvalue weighted by molar-refractivity contribution is 5.97. The van der Waals surface area contributed by atoms with E-state index in [0.29, 0.717) is 36.8 Å². The monoisotopic (exact) mass is 353 g/mol. The number of nitrogens with zero attached hydrogens (tertiary/aromatic N) is 3. The van der Waals surface area contributed by atoms with Gasteiger partial charge in [0, 0.05) is 13.6 Å². The lowest BCUT2D eigenvalue weighted by molar-refractivity contribution is -0.0321. The quantitative estimate of drug-likeness (QED) is 0.721. The fraction of sp³-hybridized carbons (Fsp3) is 0.263. The van der Waals surface area contributed by atoms with Gasteiger partial charge in [-0.2, -0.15) is 5.10 Å². The minimum Gasteiger partial charge on any atom is -0.467 e. The smallest absolute Gasteiger partial charge is 0.257 e. The second-order valence-electron chi connectivity index (χ2n) is 6.07. The zero-order chi connectivity index (χ0) is 17.9. The maximum absolute atomic E-state index is 13.1. The molecule has 7 nitrogen and oxygen atoms in total. The SMILES string of the molecule is Cn1cc(Oc2ccccc2C(=O)N2CCOC(c3ccco3)C2)cn1. The van der Waals surface area contributed by atoms with E-state index in [1.54, 1.807) is 40.4 Å². The molecule has 1 aliphatic heterocycles. The van der Waals surface area contributed by atoms with Crippen LogP contribution in [0.1, 0.15) is 22.2 Å². The summed E-state index contributed by atoms with van der Waals surface area (Å²) in [6.45, 7) is 1.42. The largest absolute Gasteiger partial charge is 0.467 e. The summed E-state index contributed by atoms with van der Waals surface area (Å²) in [5.41, 5.74) is 0.511. The van der Waals surface area contributed by atoms with Crippen molar-refractivity contribution in [3.8, 4) is 11.5 Å². The summed E-state index contributed by atoms with van der Waals surface area (Å²) in [7, 11) is 1.81. The Morgan fingerprint density at radius 1 is 1.27 bits per heavy atom. The van der Waals surface area contributed by atoms with Gasteiger partial charge in [-0.05, 0) is 24.3 Å². The van der Waals surface area contributed by atoms with Crippen molar-refractivity contribution in [3.05, 3.63) is 66.4 Å². The van der Waals surface area contributed by atoms with E-state index in [0.717, 1.165) is 5.76 Å². The van der Waals surface area contributed by atoms with Crippen LogP contribution in [-0.2, 0) is 11.8 Å². The van der Waals surface area contributed by atoms with Crippen LogP contribution in [0, 0.1) is 0 Å². The van der Waals surface area contributed by atoms with E-state index in [9.17, 15) is 4.79 Å². The topological polar surface area (TPSA) is 69.7 Å². The van der Waals surface area contributed by atoms with E-state index < -0.39 is 0 Å². The van der Waals surface area contributed by atoms with Crippen LogP contribution in [0.5, 0.6) is 11.5 Å². The fourth-order valence-electron chi connectivity index (χ4n) is 2.96. The van der Waals surface area contributed by atoms with Crippen molar-refractivity contribution < 1.29 is 18.7 Å². The average molecular weight is 353 g/mol. The van der Waals surface area contributed by atoms with Crippen molar-refractivity contribution in [1.29, 1.82) is 0 Å². The van der Waals surface area contributed by atoms with Crippen molar-refractivity contribution in [2.45, 2.75) is 6.10 Å². The third kappa shape index (κ3) is 3.34. The molecule has 1 atom stereocenters. The molecule has 3 aromatic rings. The van der Waals surface area contributed by atoms with Crippen LogP contribution in [-0.4, -0.2) is 40.3 Å². The minimum atomic E-state index is -0.255. The Labute approximate surface area is 150 Å². The summed E-state index contributed by atoms with van der Waals surface area (Å²) in [5, 5.41) is 4.08. The molecule has 4 rings (SSSR count). The molecule has 1 aliphatic rings. The van der Waals surface area contributed by atoms with E-state index in [1.807, 2.05) is 31.3 Å². The Hall–Kier alpha value is -3.06. The summed E-state index contributed by atoms with van der Waals surface area (Å²) >= 11 is 0. The first-order valence-corrected chi connectivity index (χ1v) is 8.40. The second kappa shape index (κ2) is 7.05. The molecule has 134 valence electrons. The third-order valence-electron chi connectivity index (χ3n) is 4.24. The predicted octanol–water partition coefficient (Wildman–Crippen LogP) is 3.02. The van der Waals surface area contributed by atoms with Gasteiger partial charge in [-0.15, -0.1) is 0 Å². The highest BCUT2D eigenvalue weighted by atomic mass is 16.5. The Bertz CT molecular complexity index is 888. The van der Waals surface area contributed by atoms with Crippen molar-refractivity contribution in [1.82, 2.24) is 14.7 Å². The maximum atomic E-state index is 13.1. The van der Waals surface area contributed by atoms with Gasteiger partial charge in [-0.25, -0.2) is 0 Å². The van der Waals surface area contributed by atoms with Gasteiger partial charge in [0.25, 0.3) is 5.91 Å². The van der Waals surface area contributed by atoms with Crippen molar-refractivity contribution in [2.24, 2.45) is 7.05 Å². The lowest BCUT2D eigenvalue weighted by Crippen LogP contribution is -2.42. The van der Waals surface area contributed by atoms with Gasteiger partial charge >= 0.3 is 0 Å². The van der Waals surface area contributed by atoms with E-state index in [2.05, 4.69) is 5.10 Å². The molecule has 0 bridgehead atoms. The lowest BCUT2D eigenvalue weighted by atomic mass is 10.1. The maximum Gasteiger partial charge on any atom is 0.257 e. The Balaban J connectivity index is 1.54. The molecule has 0 N–H and O–H groups in total. The van der Waals surface area contributed by atoms with Gasteiger partial charge in [-0.1, -0.05) is 12.1 Å². The molecule has 26 heavy (non-hydrogen) atoms. The van der Waals surface area contributed by atoms with E-state index in [4.69, 9.17) is 13.9 Å². The number of carbonyl (C=O) groups excluding carboxylic acids is 1. The molecular formula is C19H19N3O4. The van der Waals surface area contributed by atoms with Gasteiger partial charge < -0.3 is 18.8 Å². The van der Waals surface area contributed by atoms with Crippen LogP contribution in [0.15, 0.2) is 59.5 Å². The number of hydrogen-bond acceptors (Lipinski definition) is 5. The Morgan fingerprint density at radius 2 is 2.15 bits per heavy atom. The van der Waals surface area contributed by atoms with Gasteiger partial charge in [0.15, 0.2) is 5.75 Å². The number of aryl methyl sites for hydroxylation is 1. The zero-order valence-corrected chi connectivity index (χ0v) is 14.4. The third-order valence-corrected chi connectivity index (χ3v) is 4.24. The summed E-state index contributed by atoms with van der Waals surface area (Å²) in [4.78, 5) is 14.8. The molecule has 1 fully saturated rings. The number of furan rings is 1. The average Bonchev–Trinajstić information content (AvgIpc) is 3.34. The lowest BCUT2D eigenvalue weighted by Gasteiger charge is -2.32. The van der Waals surface area contributed by atoms with E-state index in [-0.39, 0.29) is 12.0 Å². The first-order chi connectivity index (χ1) is 12.7. The van der Waals surface area contributed by atoms with Gasteiger partial charge in [0.1, 0.15) is 17.6 Å². The molecule has 0 radical (unpaired) electrons. The summed E-state index contributed by atoms with van der Waals surface area (Å²) < 4.78 is 18.7. The molecule has 2 aromatic heterocycles. The molecule has 7 heteroatoms. The standard InChI is InChI=1S/C19H19N3O4/c1-21-12-14(11-20-21)26-16-6-3-2-5-15(16)19(23)22-8-10-25-18(13-22)17-7-4-9-24-17/h2-7,9,11-12,18H,8,10,13H2,1H3. The van der Waals surface area contributed by atoms with Gasteiger partial charge in [-0.3, -0.25) is 9.48 Å². The van der Waals surface area contributed by atoms with Crippen LogP contribution < -0.4 is 4.74 Å². The number of hydrogen-bond donors (Lipinski definition) is 0.